The van der Waals surface area contributed by atoms with E-state index < -0.39 is 18.2 Å². The summed E-state index contributed by atoms with van der Waals surface area (Å²) in [4.78, 5) is 35.6. The molecule has 5 rings (SSSR count). The van der Waals surface area contributed by atoms with Gasteiger partial charge in [-0.2, -0.15) is 0 Å². The van der Waals surface area contributed by atoms with E-state index in [0.717, 1.165) is 21.8 Å². The maximum Gasteiger partial charge on any atom is 0.514 e. The molecular formula is C30H31N3O6S2. The minimum absolute atomic E-state index is 0.0611. The molecule has 0 fully saturated rings. The Bertz CT molecular complexity index is 1410. The summed E-state index contributed by atoms with van der Waals surface area (Å²) in [6.45, 7) is 2.19. The van der Waals surface area contributed by atoms with Crippen molar-refractivity contribution in [3.05, 3.63) is 88.5 Å². The maximum atomic E-state index is 12.4. The standard InChI is InChI=1S/C30H31N3O6S2/c1-18(33(2)3)26(20-7-5-4-6-8-20)38-21-11-9-19(10-12-21)16-37-30(36)39-22-13-14-23-25(15-22)41-28(31-23)27-32-24(17-40-27)29(34)35/h4-13,15,18,23-24,26H,14,16-17H2,1-3H3,(H,34,35)/t18?,23?,24-,26?/m1/s1. The Hall–Kier alpha value is -3.54. The zero-order chi connectivity index (χ0) is 28.9. The SMILES string of the molecule is CC(C(Oc1ccc(COC(=O)OC2=CCC3N=C(C4=N[C@@H](C(=O)O)CS4)SC3=C2)cc1)c1ccccc1)N(C)C. The van der Waals surface area contributed by atoms with Gasteiger partial charge in [-0.3, -0.25) is 9.98 Å². The van der Waals surface area contributed by atoms with Crippen LogP contribution in [-0.4, -0.2) is 70.2 Å². The summed E-state index contributed by atoms with van der Waals surface area (Å²) in [6.07, 6.45) is 3.21. The molecule has 214 valence electrons. The molecule has 0 saturated carbocycles. The molecule has 0 radical (unpaired) electrons. The van der Waals surface area contributed by atoms with Gasteiger partial charge in [0.15, 0.2) is 6.04 Å². The third kappa shape index (κ3) is 7.22. The first kappa shape index (κ1) is 29.0. The number of likely N-dealkylation sites (N-methyl/N-ethyl adjacent to an activating group) is 1. The van der Waals surface area contributed by atoms with Crippen molar-refractivity contribution in [2.45, 2.75) is 44.2 Å². The number of aliphatic imine (C=N–C) groups is 2. The summed E-state index contributed by atoms with van der Waals surface area (Å²) < 4.78 is 17.1. The van der Waals surface area contributed by atoms with Gasteiger partial charge < -0.3 is 24.2 Å². The number of thioether (sulfide) groups is 2. The fourth-order valence-electron chi connectivity index (χ4n) is 4.36. The van der Waals surface area contributed by atoms with E-state index in [1.165, 1.54) is 23.5 Å². The quantitative estimate of drug-likeness (QED) is 0.347. The van der Waals surface area contributed by atoms with Gasteiger partial charge >= 0.3 is 12.1 Å². The number of carbonyl (C=O) groups is 2. The predicted molar refractivity (Wildman–Crippen MR) is 162 cm³/mol. The topological polar surface area (TPSA) is 110 Å². The van der Waals surface area contributed by atoms with Gasteiger partial charge in [0.2, 0.25) is 0 Å². The minimum Gasteiger partial charge on any atom is -0.484 e. The van der Waals surface area contributed by atoms with Crippen LogP contribution in [0.2, 0.25) is 0 Å². The lowest BCUT2D eigenvalue weighted by atomic mass is 10.0. The minimum atomic E-state index is -0.931. The van der Waals surface area contributed by atoms with Crippen LogP contribution in [0, 0.1) is 0 Å². The van der Waals surface area contributed by atoms with Crippen molar-refractivity contribution >= 4 is 45.7 Å². The van der Waals surface area contributed by atoms with Crippen molar-refractivity contribution in [1.82, 2.24) is 4.90 Å². The van der Waals surface area contributed by atoms with Gasteiger partial charge in [0.25, 0.3) is 0 Å². The fraction of sp³-hybridized carbons (Fsp3) is 0.333. The summed E-state index contributed by atoms with van der Waals surface area (Å²) in [5, 5.41) is 10.5. The van der Waals surface area contributed by atoms with Crippen molar-refractivity contribution < 1.29 is 28.9 Å². The van der Waals surface area contributed by atoms with E-state index >= 15 is 0 Å². The zero-order valence-corrected chi connectivity index (χ0v) is 24.6. The molecule has 9 nitrogen and oxygen atoms in total. The van der Waals surface area contributed by atoms with E-state index in [0.29, 0.717) is 28.0 Å². The first-order chi connectivity index (χ1) is 19.8. The number of aliphatic carboxylic acids is 1. The van der Waals surface area contributed by atoms with Crippen molar-refractivity contribution in [1.29, 1.82) is 0 Å². The van der Waals surface area contributed by atoms with Gasteiger partial charge in [-0.15, -0.1) is 11.8 Å². The number of carboxylic acid groups (broad SMARTS) is 1. The molecule has 41 heavy (non-hydrogen) atoms. The Morgan fingerprint density at radius 2 is 1.83 bits per heavy atom. The molecule has 2 aliphatic heterocycles. The first-order valence-electron chi connectivity index (χ1n) is 13.2. The van der Waals surface area contributed by atoms with E-state index in [4.69, 9.17) is 14.2 Å². The molecule has 1 aliphatic carbocycles. The van der Waals surface area contributed by atoms with E-state index in [1.807, 2.05) is 56.6 Å². The summed E-state index contributed by atoms with van der Waals surface area (Å²) in [5.74, 6) is 0.606. The number of hydrogen-bond acceptors (Lipinski definition) is 10. The Labute approximate surface area is 247 Å². The number of allylic oxidation sites excluding steroid dienone is 1. The van der Waals surface area contributed by atoms with Crippen molar-refractivity contribution in [3.8, 4) is 5.75 Å². The second kappa shape index (κ2) is 13.0. The lowest BCUT2D eigenvalue weighted by molar-refractivity contribution is -0.137. The molecule has 3 aliphatic rings. The van der Waals surface area contributed by atoms with E-state index in [-0.39, 0.29) is 24.8 Å². The normalized spacial score (nSPS) is 21.2. The second-order valence-electron chi connectivity index (χ2n) is 9.98. The highest BCUT2D eigenvalue weighted by Crippen LogP contribution is 2.40. The predicted octanol–water partition coefficient (Wildman–Crippen LogP) is 5.69. The fourth-order valence-corrected chi connectivity index (χ4v) is 6.57. The van der Waals surface area contributed by atoms with Crippen LogP contribution in [0.25, 0.3) is 0 Å². The van der Waals surface area contributed by atoms with Crippen LogP contribution in [0.15, 0.2) is 87.4 Å². The zero-order valence-electron chi connectivity index (χ0n) is 22.9. The molecule has 0 bridgehead atoms. The monoisotopic (exact) mass is 593 g/mol. The molecule has 1 N–H and O–H groups in total. The molecule has 3 unspecified atom stereocenters. The largest absolute Gasteiger partial charge is 0.514 e. The number of rotatable bonds is 10. The van der Waals surface area contributed by atoms with Gasteiger partial charge in [-0.05, 0) is 62.9 Å². The Balaban J connectivity index is 1.12. The molecule has 0 saturated heterocycles. The molecule has 2 aromatic rings. The number of ether oxygens (including phenoxy) is 3. The Morgan fingerprint density at radius 1 is 1.07 bits per heavy atom. The molecule has 2 heterocycles. The smallest absolute Gasteiger partial charge is 0.484 e. The molecule has 0 amide bonds. The molecular weight excluding hydrogens is 562 g/mol. The molecule has 4 atom stereocenters. The lowest BCUT2D eigenvalue weighted by Crippen LogP contribution is -2.34. The van der Waals surface area contributed by atoms with Crippen LogP contribution in [-0.2, 0) is 20.9 Å². The van der Waals surface area contributed by atoms with E-state index in [9.17, 15) is 14.7 Å². The average Bonchev–Trinajstić information content (AvgIpc) is 3.63. The van der Waals surface area contributed by atoms with Crippen LogP contribution in [0.3, 0.4) is 0 Å². The second-order valence-corrected chi connectivity index (χ2v) is 12.0. The van der Waals surface area contributed by atoms with Crippen molar-refractivity contribution in [2.75, 3.05) is 19.8 Å². The summed E-state index contributed by atoms with van der Waals surface area (Å²) in [7, 11) is 4.06. The molecule has 0 aromatic heterocycles. The highest BCUT2D eigenvalue weighted by molar-refractivity contribution is 8.27. The number of nitrogens with zero attached hydrogens (tertiary/aromatic N) is 3. The van der Waals surface area contributed by atoms with E-state index in [1.54, 1.807) is 12.2 Å². The van der Waals surface area contributed by atoms with Gasteiger partial charge in [-0.1, -0.05) is 54.2 Å². The van der Waals surface area contributed by atoms with Gasteiger partial charge in [0.05, 0.1) is 6.04 Å². The lowest BCUT2D eigenvalue weighted by Gasteiger charge is -2.30. The van der Waals surface area contributed by atoms with Crippen LogP contribution in [0.4, 0.5) is 4.79 Å². The highest BCUT2D eigenvalue weighted by atomic mass is 32.2. The number of carboxylic acids is 1. The van der Waals surface area contributed by atoms with Crippen LogP contribution in [0.5, 0.6) is 5.75 Å². The summed E-state index contributed by atoms with van der Waals surface area (Å²) in [6, 6.07) is 16.9. The van der Waals surface area contributed by atoms with Crippen LogP contribution in [0.1, 0.15) is 30.6 Å². The average molecular weight is 594 g/mol. The number of fused-ring (bicyclic) bond motifs is 1. The third-order valence-corrected chi connectivity index (χ3v) is 9.19. The Morgan fingerprint density at radius 3 is 2.51 bits per heavy atom. The molecule has 11 heteroatoms. The highest BCUT2D eigenvalue weighted by Gasteiger charge is 2.34. The van der Waals surface area contributed by atoms with Gasteiger partial charge in [0.1, 0.15) is 34.3 Å². The molecule has 2 aromatic carbocycles. The summed E-state index contributed by atoms with van der Waals surface area (Å²) in [5.41, 5.74) is 1.90. The first-order valence-corrected chi connectivity index (χ1v) is 15.0. The third-order valence-electron chi connectivity index (χ3n) is 6.89. The Kier molecular flexibility index (Phi) is 9.16. The maximum absolute atomic E-state index is 12.4. The number of carbonyl (C=O) groups excluding carboxylic acids is 1. The van der Waals surface area contributed by atoms with Crippen LogP contribution < -0.4 is 4.74 Å². The molecule has 0 spiro atoms. The van der Waals surface area contributed by atoms with Gasteiger partial charge in [-0.25, -0.2) is 9.59 Å². The summed E-state index contributed by atoms with van der Waals surface area (Å²) >= 11 is 2.83. The number of hydrogen-bond donors (Lipinski definition) is 1. The van der Waals surface area contributed by atoms with Gasteiger partial charge in [0, 0.05) is 16.7 Å². The van der Waals surface area contributed by atoms with Crippen molar-refractivity contribution in [3.63, 3.8) is 0 Å². The van der Waals surface area contributed by atoms with Crippen LogP contribution >= 0.6 is 23.5 Å². The number of benzene rings is 2. The van der Waals surface area contributed by atoms with E-state index in [2.05, 4.69) is 33.9 Å². The van der Waals surface area contributed by atoms with Crippen molar-refractivity contribution in [2.24, 2.45) is 9.98 Å².